The van der Waals surface area contributed by atoms with Crippen LogP contribution in [0.2, 0.25) is 10.0 Å². The molecular formula is C19H12Cl2FN3OS. The molecule has 0 aliphatic rings. The van der Waals surface area contributed by atoms with E-state index in [4.69, 9.17) is 27.7 Å². The van der Waals surface area contributed by atoms with Crippen molar-refractivity contribution >= 4 is 45.4 Å². The summed E-state index contributed by atoms with van der Waals surface area (Å²) in [6.45, 7) is 1.80. The van der Waals surface area contributed by atoms with Crippen molar-refractivity contribution in [2.45, 2.75) is 6.92 Å². The number of rotatable bonds is 4. The summed E-state index contributed by atoms with van der Waals surface area (Å²) in [4.78, 5) is 4.55. The number of para-hydroxylation sites is 1. The second kappa shape index (κ2) is 7.31. The van der Waals surface area contributed by atoms with Crippen LogP contribution in [0.5, 0.6) is 0 Å². The predicted octanol–water partition coefficient (Wildman–Crippen LogP) is 6.96. The van der Waals surface area contributed by atoms with E-state index >= 15 is 0 Å². The fourth-order valence-electron chi connectivity index (χ4n) is 2.66. The third-order valence-electron chi connectivity index (χ3n) is 3.92. The first-order chi connectivity index (χ1) is 13.0. The average molecular weight is 420 g/mol. The van der Waals surface area contributed by atoms with Crippen molar-refractivity contribution in [2.75, 3.05) is 5.32 Å². The molecule has 2 aromatic heterocycles. The van der Waals surface area contributed by atoms with Gasteiger partial charge in [0.05, 0.1) is 22.0 Å². The Morgan fingerprint density at radius 1 is 1.15 bits per heavy atom. The van der Waals surface area contributed by atoms with Gasteiger partial charge in [-0.2, -0.15) is 0 Å². The quantitative estimate of drug-likeness (QED) is 0.388. The van der Waals surface area contributed by atoms with Crippen LogP contribution in [0.4, 0.5) is 15.2 Å². The Balaban J connectivity index is 1.72. The standard InChI is InChI=1S/C19H12Cl2FN3OS/c1-10-17(18(25-26-10)12-7-6-11(20)8-13(12)21)16-9-27-19(24-16)23-15-5-3-2-4-14(15)22/h2-9H,1H3,(H,23,24). The molecule has 0 amide bonds. The molecule has 4 rings (SSSR count). The molecule has 2 aromatic carbocycles. The molecule has 1 N–H and O–H groups in total. The summed E-state index contributed by atoms with van der Waals surface area (Å²) in [7, 11) is 0. The number of anilines is 2. The first-order valence-corrected chi connectivity index (χ1v) is 9.55. The lowest BCUT2D eigenvalue weighted by atomic mass is 10.0. The van der Waals surface area contributed by atoms with Gasteiger partial charge in [-0.25, -0.2) is 9.37 Å². The molecule has 0 aliphatic carbocycles. The van der Waals surface area contributed by atoms with E-state index in [1.807, 2.05) is 5.38 Å². The maximum absolute atomic E-state index is 13.8. The van der Waals surface area contributed by atoms with E-state index < -0.39 is 0 Å². The van der Waals surface area contributed by atoms with Gasteiger partial charge in [0.15, 0.2) is 5.13 Å². The molecule has 0 bridgehead atoms. The lowest BCUT2D eigenvalue weighted by molar-refractivity contribution is 0.400. The molecule has 8 heteroatoms. The molecule has 0 fully saturated rings. The summed E-state index contributed by atoms with van der Waals surface area (Å²) in [6, 6.07) is 11.6. The molecule has 0 radical (unpaired) electrons. The molecule has 0 saturated carbocycles. The molecular weight excluding hydrogens is 408 g/mol. The highest BCUT2D eigenvalue weighted by Crippen LogP contribution is 2.39. The lowest BCUT2D eigenvalue weighted by Gasteiger charge is -2.04. The van der Waals surface area contributed by atoms with Gasteiger partial charge in [-0.1, -0.05) is 40.5 Å². The Morgan fingerprint density at radius 2 is 1.96 bits per heavy atom. The number of hydrogen-bond donors (Lipinski definition) is 1. The molecule has 2 heterocycles. The maximum Gasteiger partial charge on any atom is 0.187 e. The first-order valence-electron chi connectivity index (χ1n) is 7.92. The molecule has 0 unspecified atom stereocenters. The van der Waals surface area contributed by atoms with Crippen LogP contribution < -0.4 is 5.32 Å². The Labute approximate surface area is 168 Å². The van der Waals surface area contributed by atoms with Crippen molar-refractivity contribution in [3.05, 3.63) is 69.5 Å². The zero-order valence-electron chi connectivity index (χ0n) is 14.0. The molecule has 4 nitrogen and oxygen atoms in total. The van der Waals surface area contributed by atoms with Gasteiger partial charge in [-0.05, 0) is 37.3 Å². The molecule has 27 heavy (non-hydrogen) atoms. The van der Waals surface area contributed by atoms with E-state index in [0.29, 0.717) is 43.6 Å². The van der Waals surface area contributed by atoms with Crippen LogP contribution in [0.15, 0.2) is 52.4 Å². The number of aromatic nitrogens is 2. The van der Waals surface area contributed by atoms with Gasteiger partial charge in [0.25, 0.3) is 0 Å². The van der Waals surface area contributed by atoms with Gasteiger partial charge < -0.3 is 9.84 Å². The summed E-state index contributed by atoms with van der Waals surface area (Å²) in [6.07, 6.45) is 0. The molecule has 4 aromatic rings. The van der Waals surface area contributed by atoms with Crippen molar-refractivity contribution < 1.29 is 8.91 Å². The van der Waals surface area contributed by atoms with E-state index in [2.05, 4.69) is 15.5 Å². The van der Waals surface area contributed by atoms with E-state index in [1.165, 1.54) is 17.4 Å². The fourth-order valence-corrected chi connectivity index (χ4v) is 3.87. The van der Waals surface area contributed by atoms with Gasteiger partial charge >= 0.3 is 0 Å². The number of nitrogens with one attached hydrogen (secondary N) is 1. The van der Waals surface area contributed by atoms with Gasteiger partial charge in [-0.3, -0.25) is 0 Å². The second-order valence-electron chi connectivity index (χ2n) is 5.73. The normalized spacial score (nSPS) is 11.0. The van der Waals surface area contributed by atoms with E-state index in [9.17, 15) is 4.39 Å². The van der Waals surface area contributed by atoms with Crippen LogP contribution in [0.3, 0.4) is 0 Å². The van der Waals surface area contributed by atoms with E-state index in [0.717, 1.165) is 5.56 Å². The monoisotopic (exact) mass is 419 g/mol. The number of hydrogen-bond acceptors (Lipinski definition) is 5. The van der Waals surface area contributed by atoms with Crippen molar-refractivity contribution in [1.82, 2.24) is 10.1 Å². The largest absolute Gasteiger partial charge is 0.360 e. The summed E-state index contributed by atoms with van der Waals surface area (Å²) in [5, 5.41) is 10.6. The fraction of sp³-hybridized carbons (Fsp3) is 0.0526. The highest BCUT2D eigenvalue weighted by atomic mass is 35.5. The molecule has 136 valence electrons. The van der Waals surface area contributed by atoms with Crippen molar-refractivity contribution in [1.29, 1.82) is 0 Å². The Morgan fingerprint density at radius 3 is 2.74 bits per heavy atom. The zero-order chi connectivity index (χ0) is 19.0. The summed E-state index contributed by atoms with van der Waals surface area (Å²) in [5.41, 5.74) is 3.04. The highest BCUT2D eigenvalue weighted by molar-refractivity contribution is 7.14. The minimum Gasteiger partial charge on any atom is -0.360 e. The van der Waals surface area contributed by atoms with Gasteiger partial charge in [0.1, 0.15) is 17.3 Å². The second-order valence-corrected chi connectivity index (χ2v) is 7.43. The number of benzene rings is 2. The third kappa shape index (κ3) is 3.56. The Bertz CT molecular complexity index is 1130. The van der Waals surface area contributed by atoms with Gasteiger partial charge in [0.2, 0.25) is 0 Å². The van der Waals surface area contributed by atoms with Crippen molar-refractivity contribution in [3.8, 4) is 22.5 Å². The maximum atomic E-state index is 13.8. The van der Waals surface area contributed by atoms with Crippen LogP contribution in [0.25, 0.3) is 22.5 Å². The summed E-state index contributed by atoms with van der Waals surface area (Å²) < 4.78 is 19.2. The lowest BCUT2D eigenvalue weighted by Crippen LogP contribution is -1.93. The van der Waals surface area contributed by atoms with Crippen LogP contribution >= 0.6 is 34.5 Å². The van der Waals surface area contributed by atoms with Crippen LogP contribution in [-0.4, -0.2) is 10.1 Å². The number of nitrogens with zero attached hydrogens (tertiary/aromatic N) is 2. The Hall–Kier alpha value is -2.41. The SMILES string of the molecule is Cc1onc(-c2ccc(Cl)cc2Cl)c1-c1csc(Nc2ccccc2F)n1. The molecule has 0 aliphatic heterocycles. The topological polar surface area (TPSA) is 51.0 Å². The summed E-state index contributed by atoms with van der Waals surface area (Å²) >= 11 is 13.7. The van der Waals surface area contributed by atoms with Crippen molar-refractivity contribution in [2.24, 2.45) is 0 Å². The van der Waals surface area contributed by atoms with Gasteiger partial charge in [-0.15, -0.1) is 11.3 Å². The number of thiazole rings is 1. The predicted molar refractivity (Wildman–Crippen MR) is 107 cm³/mol. The van der Waals surface area contributed by atoms with Gasteiger partial charge in [0, 0.05) is 16.0 Å². The molecule has 0 saturated heterocycles. The van der Waals surface area contributed by atoms with Crippen LogP contribution in [-0.2, 0) is 0 Å². The average Bonchev–Trinajstić information content (AvgIpc) is 3.23. The third-order valence-corrected chi connectivity index (χ3v) is 5.23. The Kier molecular flexibility index (Phi) is 4.86. The summed E-state index contributed by atoms with van der Waals surface area (Å²) in [5.74, 6) is 0.266. The smallest absolute Gasteiger partial charge is 0.187 e. The number of halogens is 3. The highest BCUT2D eigenvalue weighted by Gasteiger charge is 2.21. The number of aryl methyl sites for hydroxylation is 1. The van der Waals surface area contributed by atoms with Crippen LogP contribution in [0, 0.1) is 12.7 Å². The van der Waals surface area contributed by atoms with Crippen molar-refractivity contribution in [3.63, 3.8) is 0 Å². The first kappa shape index (κ1) is 18.0. The molecule has 0 spiro atoms. The zero-order valence-corrected chi connectivity index (χ0v) is 16.3. The minimum absolute atomic E-state index is 0.343. The van der Waals surface area contributed by atoms with E-state index in [1.54, 1.807) is 43.3 Å². The van der Waals surface area contributed by atoms with Crippen LogP contribution in [0.1, 0.15) is 5.76 Å². The molecule has 0 atom stereocenters. The van der Waals surface area contributed by atoms with E-state index in [-0.39, 0.29) is 5.82 Å². The minimum atomic E-state index is -0.343.